The predicted molar refractivity (Wildman–Crippen MR) is 115 cm³/mol. The molecule has 4 rings (SSSR count). The van der Waals surface area contributed by atoms with Crippen molar-refractivity contribution in [1.29, 1.82) is 0 Å². The highest BCUT2D eigenvalue weighted by Crippen LogP contribution is 2.33. The maximum Gasteiger partial charge on any atom is 0.268 e. The van der Waals surface area contributed by atoms with E-state index in [1.165, 1.54) is 11.5 Å². The molecule has 160 valence electrons. The number of likely N-dealkylation sites (N-methyl/N-ethyl adjacent to an activating group) is 1. The Kier molecular flexibility index (Phi) is 6.38. The number of aromatic nitrogens is 3. The highest BCUT2D eigenvalue weighted by molar-refractivity contribution is 7.08. The van der Waals surface area contributed by atoms with Gasteiger partial charge in [-0.1, -0.05) is 17.8 Å². The summed E-state index contributed by atoms with van der Waals surface area (Å²) in [4.78, 5) is 37.1. The van der Waals surface area contributed by atoms with Crippen molar-refractivity contribution in [3.63, 3.8) is 0 Å². The van der Waals surface area contributed by atoms with Crippen LogP contribution in [-0.2, 0) is 6.42 Å². The molecular weight excluding hydrogens is 400 g/mol. The van der Waals surface area contributed by atoms with Crippen LogP contribution in [0, 0.1) is 0 Å². The Labute approximate surface area is 181 Å². The minimum atomic E-state index is -0.0677. The summed E-state index contributed by atoms with van der Waals surface area (Å²) in [6.07, 6.45) is 5.17. The molecule has 0 saturated carbocycles. The first-order chi connectivity index (χ1) is 14.6. The van der Waals surface area contributed by atoms with E-state index >= 15 is 0 Å². The fourth-order valence-electron chi connectivity index (χ4n) is 4.14. The summed E-state index contributed by atoms with van der Waals surface area (Å²) in [6, 6.07) is 3.68. The van der Waals surface area contributed by atoms with E-state index in [1.807, 2.05) is 21.9 Å². The number of likely N-dealkylation sites (tertiary alicyclic amines) is 1. The van der Waals surface area contributed by atoms with Crippen molar-refractivity contribution in [1.82, 2.24) is 29.3 Å². The van der Waals surface area contributed by atoms with Gasteiger partial charge in [0.1, 0.15) is 4.88 Å². The molecule has 2 aliphatic rings. The van der Waals surface area contributed by atoms with Gasteiger partial charge in [-0.05, 0) is 50.0 Å². The number of hydrogen-bond donors (Lipinski definition) is 0. The smallest absolute Gasteiger partial charge is 0.268 e. The van der Waals surface area contributed by atoms with Crippen molar-refractivity contribution in [3.8, 4) is 0 Å². The summed E-state index contributed by atoms with van der Waals surface area (Å²) in [5.74, 6) is 0.0248. The lowest BCUT2D eigenvalue weighted by molar-refractivity contribution is 0.0662. The summed E-state index contributed by atoms with van der Waals surface area (Å²) in [5, 5.41) is 4.14. The minimum Gasteiger partial charge on any atom is -0.336 e. The zero-order chi connectivity index (χ0) is 21.1. The first kappa shape index (κ1) is 20.9. The van der Waals surface area contributed by atoms with E-state index in [1.54, 1.807) is 6.20 Å². The van der Waals surface area contributed by atoms with Crippen LogP contribution in [-0.4, -0.2) is 80.9 Å². The SMILES string of the molecule is CCCc1nnsc1C(=O)N1CCC[C@H]1c1ccc(C(=O)N2CCN(C)CC2)cn1. The Morgan fingerprint density at radius 3 is 2.63 bits per heavy atom. The monoisotopic (exact) mass is 428 g/mol. The van der Waals surface area contributed by atoms with Crippen molar-refractivity contribution in [2.75, 3.05) is 39.8 Å². The molecule has 2 amide bonds. The zero-order valence-corrected chi connectivity index (χ0v) is 18.4. The first-order valence-corrected chi connectivity index (χ1v) is 11.4. The van der Waals surface area contributed by atoms with Gasteiger partial charge in [-0.25, -0.2) is 0 Å². The van der Waals surface area contributed by atoms with Crippen molar-refractivity contribution >= 4 is 23.3 Å². The van der Waals surface area contributed by atoms with Crippen LogP contribution in [0.15, 0.2) is 18.3 Å². The standard InChI is InChI=1S/C21H28N6O2S/c1-3-5-17-19(30-24-23-17)21(29)27-9-4-6-18(27)16-8-7-15(14-22-16)20(28)26-12-10-25(2)11-13-26/h7-8,14,18H,3-6,9-13H2,1-2H3/t18-/m0/s1. The predicted octanol–water partition coefficient (Wildman–Crippen LogP) is 2.25. The third-order valence-electron chi connectivity index (χ3n) is 5.92. The molecule has 2 fully saturated rings. The Bertz CT molecular complexity index is 891. The molecule has 2 aromatic heterocycles. The van der Waals surface area contributed by atoms with Gasteiger partial charge in [-0.3, -0.25) is 14.6 Å². The molecule has 0 aliphatic carbocycles. The lowest BCUT2D eigenvalue weighted by atomic mass is 10.1. The highest BCUT2D eigenvalue weighted by atomic mass is 32.1. The third-order valence-corrected chi connectivity index (χ3v) is 6.67. The number of hydrogen-bond acceptors (Lipinski definition) is 7. The fraction of sp³-hybridized carbons (Fsp3) is 0.571. The molecule has 9 heteroatoms. The van der Waals surface area contributed by atoms with Gasteiger partial charge in [0.05, 0.1) is 23.0 Å². The number of carbonyl (C=O) groups is 2. The van der Waals surface area contributed by atoms with Crippen LogP contribution in [0.1, 0.15) is 63.6 Å². The van der Waals surface area contributed by atoms with Crippen LogP contribution < -0.4 is 0 Å². The van der Waals surface area contributed by atoms with Crippen molar-refractivity contribution in [2.24, 2.45) is 0 Å². The second-order valence-corrected chi connectivity index (χ2v) is 8.78. The summed E-state index contributed by atoms with van der Waals surface area (Å²) >= 11 is 1.18. The van der Waals surface area contributed by atoms with Crippen molar-refractivity contribution in [3.05, 3.63) is 40.2 Å². The molecule has 0 bridgehead atoms. The Morgan fingerprint density at radius 1 is 1.13 bits per heavy atom. The number of nitrogens with zero attached hydrogens (tertiary/aromatic N) is 6. The first-order valence-electron chi connectivity index (χ1n) is 10.6. The van der Waals surface area contributed by atoms with E-state index < -0.39 is 0 Å². The largest absolute Gasteiger partial charge is 0.336 e. The van der Waals surface area contributed by atoms with Crippen molar-refractivity contribution in [2.45, 2.75) is 38.6 Å². The molecule has 0 radical (unpaired) electrons. The molecule has 2 saturated heterocycles. The van der Waals surface area contributed by atoms with Gasteiger partial charge in [0, 0.05) is 38.9 Å². The number of carbonyl (C=O) groups excluding carboxylic acids is 2. The second-order valence-electron chi connectivity index (χ2n) is 8.02. The average molecular weight is 429 g/mol. The average Bonchev–Trinajstić information content (AvgIpc) is 3.44. The summed E-state index contributed by atoms with van der Waals surface area (Å²) in [6.45, 7) is 6.04. The van der Waals surface area contributed by atoms with Crippen LogP contribution >= 0.6 is 11.5 Å². The van der Waals surface area contributed by atoms with Gasteiger partial charge in [-0.2, -0.15) is 0 Å². The molecule has 30 heavy (non-hydrogen) atoms. The fourth-order valence-corrected chi connectivity index (χ4v) is 4.80. The molecule has 8 nitrogen and oxygen atoms in total. The number of piperazine rings is 1. The molecule has 0 aromatic carbocycles. The molecule has 2 aliphatic heterocycles. The summed E-state index contributed by atoms with van der Waals surface area (Å²) in [7, 11) is 2.07. The van der Waals surface area contributed by atoms with Crippen LogP contribution in [0.4, 0.5) is 0 Å². The molecular formula is C21H28N6O2S. The van der Waals surface area contributed by atoms with Crippen LogP contribution in [0.3, 0.4) is 0 Å². The Morgan fingerprint density at radius 2 is 1.93 bits per heavy atom. The highest BCUT2D eigenvalue weighted by Gasteiger charge is 2.34. The maximum atomic E-state index is 13.2. The van der Waals surface area contributed by atoms with Gasteiger partial charge < -0.3 is 14.7 Å². The maximum absolute atomic E-state index is 13.2. The lowest BCUT2D eigenvalue weighted by Gasteiger charge is -2.32. The van der Waals surface area contributed by atoms with E-state index in [9.17, 15) is 9.59 Å². The number of rotatable bonds is 5. The molecule has 0 N–H and O–H groups in total. The minimum absolute atomic E-state index is 0.00432. The third kappa shape index (κ3) is 4.22. The summed E-state index contributed by atoms with van der Waals surface area (Å²) in [5.41, 5.74) is 2.24. The normalized spacial score (nSPS) is 20.0. The quantitative estimate of drug-likeness (QED) is 0.726. The van der Waals surface area contributed by atoms with E-state index in [-0.39, 0.29) is 17.9 Å². The van der Waals surface area contributed by atoms with Crippen LogP contribution in [0.2, 0.25) is 0 Å². The number of aryl methyl sites for hydroxylation is 1. The number of amides is 2. The van der Waals surface area contributed by atoms with Gasteiger partial charge in [-0.15, -0.1) is 5.10 Å². The van der Waals surface area contributed by atoms with Crippen molar-refractivity contribution < 1.29 is 9.59 Å². The van der Waals surface area contributed by atoms with Gasteiger partial charge in [0.2, 0.25) is 0 Å². The van der Waals surface area contributed by atoms with Crippen LogP contribution in [0.25, 0.3) is 0 Å². The molecule has 0 unspecified atom stereocenters. The van der Waals surface area contributed by atoms with E-state index in [0.717, 1.165) is 63.3 Å². The number of pyridine rings is 1. The lowest BCUT2D eigenvalue weighted by Crippen LogP contribution is -2.47. The second kappa shape index (κ2) is 9.18. The molecule has 4 heterocycles. The van der Waals surface area contributed by atoms with Gasteiger partial charge in [0.25, 0.3) is 11.8 Å². The topological polar surface area (TPSA) is 82.5 Å². The zero-order valence-electron chi connectivity index (χ0n) is 17.6. The molecule has 0 spiro atoms. The Balaban J connectivity index is 1.47. The summed E-state index contributed by atoms with van der Waals surface area (Å²) < 4.78 is 3.99. The Hall–Kier alpha value is -2.39. The molecule has 2 aromatic rings. The van der Waals surface area contributed by atoms with E-state index in [2.05, 4.69) is 33.4 Å². The van der Waals surface area contributed by atoms with Gasteiger partial charge >= 0.3 is 0 Å². The van der Waals surface area contributed by atoms with E-state index in [0.29, 0.717) is 17.0 Å². The van der Waals surface area contributed by atoms with Gasteiger partial charge in [0.15, 0.2) is 0 Å². The van der Waals surface area contributed by atoms with E-state index in [4.69, 9.17) is 0 Å². The molecule has 1 atom stereocenters. The van der Waals surface area contributed by atoms with Crippen LogP contribution in [0.5, 0.6) is 0 Å².